The Kier molecular flexibility index (Phi) is 5.62. The average Bonchev–Trinajstić information content (AvgIpc) is 3.32. The van der Waals surface area contributed by atoms with Crippen LogP contribution < -0.4 is 10.1 Å². The number of pyridine rings is 1. The SMILES string of the molecule is O=C(N[C@H](C(=O)O)C12CC3C[C@H](C1)C[C@@H](C3)C2)c1ccc2cccnc2c1OCc1nc2ccccc2s1. The third-order valence-corrected chi connectivity index (χ3v) is 9.88. The van der Waals surface area contributed by atoms with Crippen LogP contribution in [0.15, 0.2) is 54.7 Å². The second kappa shape index (κ2) is 9.05. The molecule has 4 fully saturated rings. The summed E-state index contributed by atoms with van der Waals surface area (Å²) in [5.74, 6) is 0.721. The van der Waals surface area contributed by atoms with Gasteiger partial charge in [-0.25, -0.2) is 9.78 Å². The molecule has 2 N–H and O–H groups in total. The number of hydrogen-bond donors (Lipinski definition) is 2. The van der Waals surface area contributed by atoms with Gasteiger partial charge in [0.1, 0.15) is 23.2 Å². The van der Waals surface area contributed by atoms with Crippen LogP contribution in [0.2, 0.25) is 0 Å². The highest BCUT2D eigenvalue weighted by molar-refractivity contribution is 7.18. The molecule has 4 saturated carbocycles. The van der Waals surface area contributed by atoms with Crippen molar-refractivity contribution in [3.63, 3.8) is 0 Å². The van der Waals surface area contributed by atoms with Crippen LogP contribution in [0.4, 0.5) is 0 Å². The number of rotatable bonds is 7. The van der Waals surface area contributed by atoms with Crippen LogP contribution in [-0.4, -0.2) is 33.0 Å². The summed E-state index contributed by atoms with van der Waals surface area (Å²) in [5, 5.41) is 14.9. The van der Waals surface area contributed by atoms with E-state index in [1.807, 2.05) is 42.5 Å². The van der Waals surface area contributed by atoms with Gasteiger partial charge in [0, 0.05) is 17.0 Å². The largest absolute Gasteiger partial charge is 0.483 e. The van der Waals surface area contributed by atoms with E-state index < -0.39 is 17.9 Å². The number of nitrogens with zero attached hydrogens (tertiary/aromatic N) is 2. The Morgan fingerprint density at radius 3 is 2.47 bits per heavy atom. The molecule has 38 heavy (non-hydrogen) atoms. The molecule has 0 spiro atoms. The zero-order valence-corrected chi connectivity index (χ0v) is 21.7. The number of carbonyl (C=O) groups excluding carboxylic acids is 1. The van der Waals surface area contributed by atoms with Crippen LogP contribution in [0.5, 0.6) is 5.75 Å². The minimum absolute atomic E-state index is 0.187. The predicted octanol–water partition coefficient (Wildman–Crippen LogP) is 5.82. The van der Waals surface area contributed by atoms with E-state index in [1.54, 1.807) is 23.6 Å². The number of fused-ring (bicyclic) bond motifs is 2. The van der Waals surface area contributed by atoms with E-state index in [9.17, 15) is 14.7 Å². The second-order valence-corrected chi connectivity index (χ2v) is 12.5. The molecule has 2 heterocycles. The molecular formula is C30H29N3O4S. The molecule has 0 saturated heterocycles. The summed E-state index contributed by atoms with van der Waals surface area (Å²) in [6, 6.07) is 14.3. The fourth-order valence-corrected chi connectivity index (χ4v) is 8.66. The van der Waals surface area contributed by atoms with E-state index in [0.717, 1.165) is 39.9 Å². The molecule has 4 aliphatic carbocycles. The molecule has 4 aromatic rings. The molecule has 4 bridgehead atoms. The van der Waals surface area contributed by atoms with Gasteiger partial charge in [0.05, 0.1) is 15.8 Å². The summed E-state index contributed by atoms with van der Waals surface area (Å²) in [7, 11) is 0. The number of aromatic nitrogens is 2. The van der Waals surface area contributed by atoms with Crippen molar-refractivity contribution in [3.05, 3.63) is 65.3 Å². The molecule has 0 radical (unpaired) electrons. The molecule has 2 aromatic heterocycles. The Morgan fingerprint density at radius 2 is 1.76 bits per heavy atom. The zero-order valence-electron chi connectivity index (χ0n) is 20.9. The lowest BCUT2D eigenvalue weighted by Gasteiger charge is -2.58. The summed E-state index contributed by atoms with van der Waals surface area (Å²) in [6.07, 6.45) is 7.95. The Morgan fingerprint density at radius 1 is 1.03 bits per heavy atom. The van der Waals surface area contributed by atoms with E-state index in [0.29, 0.717) is 34.6 Å². The molecule has 4 aliphatic rings. The highest BCUT2D eigenvalue weighted by atomic mass is 32.1. The van der Waals surface area contributed by atoms with Crippen LogP contribution >= 0.6 is 11.3 Å². The van der Waals surface area contributed by atoms with Crippen LogP contribution in [0.25, 0.3) is 21.1 Å². The number of carboxylic acid groups (broad SMARTS) is 1. The number of ether oxygens (including phenoxy) is 1. The highest BCUT2D eigenvalue weighted by Crippen LogP contribution is 2.61. The van der Waals surface area contributed by atoms with Gasteiger partial charge in [0.25, 0.3) is 5.91 Å². The summed E-state index contributed by atoms with van der Waals surface area (Å²) in [5.41, 5.74) is 1.41. The maximum atomic E-state index is 13.8. The Hall–Kier alpha value is -3.52. The Labute approximate surface area is 224 Å². The fourth-order valence-electron chi connectivity index (χ4n) is 7.78. The van der Waals surface area contributed by atoms with Gasteiger partial charge in [-0.1, -0.05) is 24.3 Å². The number of para-hydroxylation sites is 1. The van der Waals surface area contributed by atoms with Crippen LogP contribution in [0.1, 0.15) is 53.9 Å². The molecule has 0 unspecified atom stereocenters. The van der Waals surface area contributed by atoms with Gasteiger partial charge >= 0.3 is 5.97 Å². The number of aliphatic carboxylic acids is 1. The molecule has 1 atom stereocenters. The van der Waals surface area contributed by atoms with Crippen molar-refractivity contribution in [1.29, 1.82) is 0 Å². The number of amides is 1. The first-order chi connectivity index (χ1) is 18.5. The number of hydrogen-bond acceptors (Lipinski definition) is 6. The zero-order chi connectivity index (χ0) is 25.9. The molecule has 2 aromatic carbocycles. The monoisotopic (exact) mass is 527 g/mol. The van der Waals surface area contributed by atoms with E-state index in [1.165, 1.54) is 19.3 Å². The van der Waals surface area contributed by atoms with Crippen molar-refractivity contribution in [1.82, 2.24) is 15.3 Å². The second-order valence-electron chi connectivity index (χ2n) is 11.4. The number of thiazole rings is 1. The number of carboxylic acids is 1. The minimum atomic E-state index is -0.948. The van der Waals surface area contributed by atoms with E-state index >= 15 is 0 Å². The van der Waals surface area contributed by atoms with Gasteiger partial charge in [0.2, 0.25) is 0 Å². The summed E-state index contributed by atoms with van der Waals surface area (Å²) in [6.45, 7) is 0.187. The van der Waals surface area contributed by atoms with Gasteiger partial charge in [-0.05, 0) is 80.5 Å². The van der Waals surface area contributed by atoms with Gasteiger partial charge in [-0.15, -0.1) is 11.3 Å². The van der Waals surface area contributed by atoms with E-state index in [4.69, 9.17) is 4.74 Å². The van der Waals surface area contributed by atoms with Gasteiger partial charge in [-0.3, -0.25) is 9.78 Å². The predicted molar refractivity (Wildman–Crippen MR) is 145 cm³/mol. The van der Waals surface area contributed by atoms with Crippen molar-refractivity contribution in [2.24, 2.45) is 23.2 Å². The normalized spacial score (nSPS) is 26.5. The van der Waals surface area contributed by atoms with Gasteiger partial charge in [0.15, 0.2) is 5.75 Å². The maximum absolute atomic E-state index is 13.8. The van der Waals surface area contributed by atoms with Crippen molar-refractivity contribution >= 4 is 44.3 Å². The third-order valence-electron chi connectivity index (χ3n) is 8.87. The topological polar surface area (TPSA) is 101 Å². The fraction of sp³-hybridized carbons (Fsp3) is 0.400. The first kappa shape index (κ1) is 23.6. The van der Waals surface area contributed by atoms with Crippen molar-refractivity contribution in [2.45, 2.75) is 51.2 Å². The van der Waals surface area contributed by atoms with Crippen molar-refractivity contribution < 1.29 is 19.4 Å². The molecule has 7 nitrogen and oxygen atoms in total. The average molecular weight is 528 g/mol. The van der Waals surface area contributed by atoms with Gasteiger partial charge in [-0.2, -0.15) is 0 Å². The lowest BCUT2D eigenvalue weighted by molar-refractivity contribution is -0.150. The molecule has 0 aliphatic heterocycles. The lowest BCUT2D eigenvalue weighted by atomic mass is 9.47. The van der Waals surface area contributed by atoms with Crippen LogP contribution in [0, 0.1) is 23.2 Å². The summed E-state index contributed by atoms with van der Waals surface area (Å²) < 4.78 is 7.33. The minimum Gasteiger partial charge on any atom is -0.483 e. The summed E-state index contributed by atoms with van der Waals surface area (Å²) >= 11 is 1.55. The summed E-state index contributed by atoms with van der Waals surface area (Å²) in [4.78, 5) is 35.5. The van der Waals surface area contributed by atoms with E-state index in [2.05, 4.69) is 15.3 Å². The first-order valence-corrected chi connectivity index (χ1v) is 14.2. The molecule has 194 valence electrons. The number of benzene rings is 2. The maximum Gasteiger partial charge on any atom is 0.326 e. The van der Waals surface area contributed by atoms with Gasteiger partial charge < -0.3 is 15.2 Å². The van der Waals surface area contributed by atoms with E-state index in [-0.39, 0.29) is 12.0 Å². The quantitative estimate of drug-likeness (QED) is 0.314. The van der Waals surface area contributed by atoms with Crippen molar-refractivity contribution in [2.75, 3.05) is 0 Å². The van der Waals surface area contributed by atoms with Crippen LogP contribution in [0.3, 0.4) is 0 Å². The van der Waals surface area contributed by atoms with Crippen LogP contribution in [-0.2, 0) is 11.4 Å². The molecule has 1 amide bonds. The third kappa shape index (κ3) is 4.02. The van der Waals surface area contributed by atoms with Crippen molar-refractivity contribution in [3.8, 4) is 5.75 Å². The molecule has 8 rings (SSSR count). The Bertz CT molecular complexity index is 1500. The smallest absolute Gasteiger partial charge is 0.326 e. The Balaban J connectivity index is 1.20. The highest BCUT2D eigenvalue weighted by Gasteiger charge is 2.56. The molecular weight excluding hydrogens is 498 g/mol. The first-order valence-electron chi connectivity index (χ1n) is 13.4. The lowest BCUT2D eigenvalue weighted by Crippen LogP contribution is -2.59. The number of nitrogens with one attached hydrogen (secondary N) is 1. The molecule has 8 heteroatoms. The standard InChI is InChI=1S/C30H29N3O4S/c34-28(33-27(29(35)36)30-13-17-10-18(14-30)12-19(11-17)15-30)21-8-7-20-4-3-9-31-25(20)26(21)37-16-24-32-22-5-1-2-6-23(22)38-24/h1-9,17-19,27H,10-16H2,(H,33,34)(H,35,36)/t17-,18+,19?,27-,30?/m1/s1. The number of carbonyl (C=O) groups is 2.